The minimum absolute atomic E-state index is 0.313. The van der Waals surface area contributed by atoms with E-state index in [1.165, 1.54) is 12.8 Å². The van der Waals surface area contributed by atoms with Gasteiger partial charge in [0.05, 0.1) is 5.56 Å². The third kappa shape index (κ3) is 4.51. The lowest BCUT2D eigenvalue weighted by Gasteiger charge is -2.18. The van der Waals surface area contributed by atoms with Gasteiger partial charge in [-0.15, -0.1) is 0 Å². The summed E-state index contributed by atoms with van der Waals surface area (Å²) in [6, 6.07) is 9.14. The normalized spacial score (nSPS) is 14.3. The molecule has 2 heterocycles. The summed E-state index contributed by atoms with van der Waals surface area (Å²) in [5.74, 6) is 1.11. The monoisotopic (exact) mass is 357 g/mol. The van der Waals surface area contributed by atoms with Gasteiger partial charge in [-0.25, -0.2) is 14.8 Å². The molecule has 1 N–H and O–H groups in total. The van der Waals surface area contributed by atoms with Crippen molar-refractivity contribution >= 4 is 23.5 Å². The summed E-state index contributed by atoms with van der Waals surface area (Å²) in [7, 11) is 0. The lowest BCUT2D eigenvalue weighted by atomic mass is 10.1. The Morgan fingerprint density at radius 1 is 1.24 bits per heavy atom. The fourth-order valence-electron chi connectivity index (χ4n) is 2.84. The molecule has 6 heteroatoms. The quantitative estimate of drug-likeness (QED) is 0.618. The van der Waals surface area contributed by atoms with E-state index < -0.39 is 5.97 Å². The van der Waals surface area contributed by atoms with Crippen LogP contribution in [0.4, 0.5) is 5.82 Å². The van der Waals surface area contributed by atoms with Crippen molar-refractivity contribution in [3.05, 3.63) is 47.2 Å². The van der Waals surface area contributed by atoms with Crippen molar-refractivity contribution in [2.24, 2.45) is 0 Å². The highest BCUT2D eigenvalue weighted by atomic mass is 32.2. The number of hydrogen-bond donors (Lipinski definition) is 1. The number of anilines is 1. The number of aromatic nitrogens is 2. The van der Waals surface area contributed by atoms with E-state index in [1.54, 1.807) is 30.0 Å². The highest BCUT2D eigenvalue weighted by molar-refractivity contribution is 7.98. The number of thioether (sulfide) groups is 1. The van der Waals surface area contributed by atoms with Gasteiger partial charge in [-0.3, -0.25) is 0 Å². The number of carbonyl (C=O) groups is 1. The molecule has 1 aromatic heterocycles. The van der Waals surface area contributed by atoms with E-state index in [0.717, 1.165) is 35.3 Å². The van der Waals surface area contributed by atoms with Crippen LogP contribution in [0.15, 0.2) is 35.5 Å². The second-order valence-electron chi connectivity index (χ2n) is 6.58. The van der Waals surface area contributed by atoms with Crippen molar-refractivity contribution < 1.29 is 9.90 Å². The molecule has 0 spiro atoms. The van der Waals surface area contributed by atoms with Crippen LogP contribution in [0.25, 0.3) is 0 Å². The van der Waals surface area contributed by atoms with Crippen LogP contribution in [0, 0.1) is 0 Å². The number of carboxylic acid groups (broad SMARTS) is 1. The summed E-state index contributed by atoms with van der Waals surface area (Å²) in [5, 5.41) is 9.87. The summed E-state index contributed by atoms with van der Waals surface area (Å²) in [5.41, 5.74) is 2.33. The molecule has 1 aliphatic heterocycles. The van der Waals surface area contributed by atoms with E-state index in [4.69, 9.17) is 10.1 Å². The minimum Gasteiger partial charge on any atom is -0.478 e. The van der Waals surface area contributed by atoms with Gasteiger partial charge in [-0.1, -0.05) is 37.7 Å². The molecule has 0 saturated carbocycles. The number of nitrogens with zero attached hydrogens (tertiary/aromatic N) is 3. The van der Waals surface area contributed by atoms with Gasteiger partial charge in [0.2, 0.25) is 0 Å². The first-order valence-electron chi connectivity index (χ1n) is 8.62. The van der Waals surface area contributed by atoms with Crippen LogP contribution >= 0.6 is 11.8 Å². The van der Waals surface area contributed by atoms with Crippen molar-refractivity contribution in [1.82, 2.24) is 9.97 Å². The van der Waals surface area contributed by atoms with Crippen molar-refractivity contribution in [3.8, 4) is 0 Å². The first-order valence-corrected chi connectivity index (χ1v) is 9.60. The second-order valence-corrected chi connectivity index (χ2v) is 7.52. The predicted octanol–water partition coefficient (Wildman–Crippen LogP) is 4.19. The Labute approximate surface area is 152 Å². The van der Waals surface area contributed by atoms with E-state index in [0.29, 0.717) is 17.2 Å². The molecule has 132 valence electrons. The van der Waals surface area contributed by atoms with E-state index in [1.807, 2.05) is 6.07 Å². The van der Waals surface area contributed by atoms with Gasteiger partial charge in [-0.2, -0.15) is 0 Å². The van der Waals surface area contributed by atoms with Gasteiger partial charge in [0, 0.05) is 30.6 Å². The maximum atomic E-state index is 11.1. The molecule has 0 atom stereocenters. The second kappa shape index (κ2) is 7.87. The first kappa shape index (κ1) is 17.7. The molecule has 1 saturated heterocycles. The van der Waals surface area contributed by atoms with E-state index in [9.17, 15) is 4.79 Å². The van der Waals surface area contributed by atoms with Gasteiger partial charge in [-0.05, 0) is 36.5 Å². The topological polar surface area (TPSA) is 66.3 Å². The maximum Gasteiger partial charge on any atom is 0.335 e. The molecule has 0 unspecified atom stereocenters. The molecular weight excluding hydrogens is 334 g/mol. The number of benzene rings is 1. The van der Waals surface area contributed by atoms with Gasteiger partial charge in [0.1, 0.15) is 5.82 Å². The van der Waals surface area contributed by atoms with Crippen LogP contribution in [0.5, 0.6) is 0 Å². The molecule has 1 fully saturated rings. The van der Waals surface area contributed by atoms with Crippen molar-refractivity contribution in [1.29, 1.82) is 0 Å². The Balaban J connectivity index is 1.79. The molecule has 1 aliphatic rings. The number of carboxylic acids is 1. The molecule has 25 heavy (non-hydrogen) atoms. The number of hydrogen-bond acceptors (Lipinski definition) is 5. The standard InChI is InChI=1S/C19H23N3O2S/c1-13(2)16-11-17(22-8-3-4-9-22)21-19(20-16)25-12-14-6-5-7-15(10-14)18(23)24/h5-7,10-11,13H,3-4,8-9,12H2,1-2H3,(H,23,24). The van der Waals surface area contributed by atoms with Crippen molar-refractivity contribution in [3.63, 3.8) is 0 Å². The smallest absolute Gasteiger partial charge is 0.335 e. The highest BCUT2D eigenvalue weighted by Crippen LogP contribution is 2.27. The summed E-state index contributed by atoms with van der Waals surface area (Å²) < 4.78 is 0. The van der Waals surface area contributed by atoms with Crippen LogP contribution in [0.2, 0.25) is 0 Å². The minimum atomic E-state index is -0.902. The van der Waals surface area contributed by atoms with Gasteiger partial charge in [0.15, 0.2) is 5.16 Å². The lowest BCUT2D eigenvalue weighted by Crippen LogP contribution is -2.20. The third-order valence-electron chi connectivity index (χ3n) is 4.28. The number of aromatic carboxylic acids is 1. The molecule has 0 amide bonds. The predicted molar refractivity (Wildman–Crippen MR) is 101 cm³/mol. The fraction of sp³-hybridized carbons (Fsp3) is 0.421. The Kier molecular flexibility index (Phi) is 5.58. The molecule has 0 radical (unpaired) electrons. The Morgan fingerprint density at radius 3 is 2.68 bits per heavy atom. The molecule has 1 aromatic carbocycles. The summed E-state index contributed by atoms with van der Waals surface area (Å²) in [4.78, 5) is 22.8. The van der Waals surface area contributed by atoms with E-state index in [2.05, 4.69) is 29.8 Å². The van der Waals surface area contributed by atoms with Crippen molar-refractivity contribution in [2.45, 2.75) is 43.5 Å². The molecule has 5 nitrogen and oxygen atoms in total. The molecule has 0 bridgehead atoms. The first-order chi connectivity index (χ1) is 12.0. The van der Waals surface area contributed by atoms with Gasteiger partial charge in [0.25, 0.3) is 0 Å². The molecule has 0 aliphatic carbocycles. The van der Waals surface area contributed by atoms with Crippen LogP contribution in [-0.2, 0) is 5.75 Å². The van der Waals surface area contributed by atoms with Gasteiger partial charge >= 0.3 is 5.97 Å². The van der Waals surface area contributed by atoms with Gasteiger partial charge < -0.3 is 10.0 Å². The van der Waals surface area contributed by atoms with Crippen molar-refractivity contribution in [2.75, 3.05) is 18.0 Å². The fourth-order valence-corrected chi connectivity index (χ4v) is 3.64. The van der Waals surface area contributed by atoms with Crippen LogP contribution in [0.1, 0.15) is 54.2 Å². The zero-order chi connectivity index (χ0) is 17.8. The lowest BCUT2D eigenvalue weighted by molar-refractivity contribution is 0.0697. The summed E-state index contributed by atoms with van der Waals surface area (Å²) in [6.07, 6.45) is 2.43. The van der Waals surface area contributed by atoms with Crippen LogP contribution < -0.4 is 4.90 Å². The average Bonchev–Trinajstić information content (AvgIpc) is 3.14. The van der Waals surface area contributed by atoms with Crippen LogP contribution in [0.3, 0.4) is 0 Å². The molecule has 2 aromatic rings. The molecular formula is C19H23N3O2S. The zero-order valence-electron chi connectivity index (χ0n) is 14.6. The maximum absolute atomic E-state index is 11.1. The van der Waals surface area contributed by atoms with E-state index in [-0.39, 0.29) is 0 Å². The Morgan fingerprint density at radius 2 is 2.00 bits per heavy atom. The SMILES string of the molecule is CC(C)c1cc(N2CCCC2)nc(SCc2cccc(C(=O)O)c2)n1. The largest absolute Gasteiger partial charge is 0.478 e. The summed E-state index contributed by atoms with van der Waals surface area (Å²) >= 11 is 1.56. The van der Waals surface area contributed by atoms with E-state index >= 15 is 0 Å². The van der Waals surface area contributed by atoms with Crippen LogP contribution in [-0.4, -0.2) is 34.1 Å². The third-order valence-corrected chi connectivity index (χ3v) is 5.19. The zero-order valence-corrected chi connectivity index (χ0v) is 15.4. The highest BCUT2D eigenvalue weighted by Gasteiger charge is 2.17. The summed E-state index contributed by atoms with van der Waals surface area (Å²) in [6.45, 7) is 6.39. The average molecular weight is 357 g/mol. The number of rotatable bonds is 6. The Hall–Kier alpha value is -2.08. The Bertz CT molecular complexity index is 758. The molecule has 3 rings (SSSR count).